The van der Waals surface area contributed by atoms with Gasteiger partial charge in [0.25, 0.3) is 0 Å². The number of aromatic nitrogens is 2. The lowest BCUT2D eigenvalue weighted by molar-refractivity contribution is 1.17. The van der Waals surface area contributed by atoms with E-state index in [1.807, 2.05) is 60.7 Å². The van der Waals surface area contributed by atoms with Crippen molar-refractivity contribution in [2.45, 2.75) is 6.92 Å². The van der Waals surface area contributed by atoms with Gasteiger partial charge < -0.3 is 5.73 Å². The molecule has 108 valence electrons. The van der Waals surface area contributed by atoms with E-state index in [0.29, 0.717) is 0 Å². The summed E-state index contributed by atoms with van der Waals surface area (Å²) < 4.78 is 0. The summed E-state index contributed by atoms with van der Waals surface area (Å²) in [7, 11) is 0. The minimum absolute atomic E-state index is 0.283. The number of nitrogens with two attached hydrogens (primary N) is 1. The minimum Gasteiger partial charge on any atom is -0.368 e. The number of aryl methyl sites for hydroxylation is 1. The molecule has 0 saturated heterocycles. The number of nitrogen functional groups attached to an aromatic ring is 1. The number of rotatable bonds is 3. The minimum atomic E-state index is 0.283. The number of anilines is 1. The Balaban J connectivity index is 1.93. The summed E-state index contributed by atoms with van der Waals surface area (Å²) >= 11 is 0. The van der Waals surface area contributed by atoms with E-state index in [1.165, 1.54) is 5.56 Å². The first-order valence-electron chi connectivity index (χ1n) is 7.15. The second-order valence-electron chi connectivity index (χ2n) is 5.15. The molecule has 1 aromatic heterocycles. The maximum Gasteiger partial charge on any atom is 0.221 e. The van der Waals surface area contributed by atoms with Crippen molar-refractivity contribution in [3.8, 4) is 11.3 Å². The highest BCUT2D eigenvalue weighted by molar-refractivity contribution is 5.71. The molecule has 0 unspecified atom stereocenters. The molecule has 0 fully saturated rings. The fourth-order valence-electron chi connectivity index (χ4n) is 2.19. The van der Waals surface area contributed by atoms with Gasteiger partial charge in [-0.1, -0.05) is 66.2 Å². The molecule has 2 aromatic carbocycles. The zero-order valence-electron chi connectivity index (χ0n) is 12.4. The summed E-state index contributed by atoms with van der Waals surface area (Å²) in [6, 6.07) is 20.3. The Labute approximate surface area is 130 Å². The quantitative estimate of drug-likeness (QED) is 0.785. The Morgan fingerprint density at radius 1 is 0.864 bits per heavy atom. The molecule has 0 aliphatic rings. The van der Waals surface area contributed by atoms with Gasteiger partial charge in [0.1, 0.15) is 0 Å². The van der Waals surface area contributed by atoms with Crippen molar-refractivity contribution in [3.63, 3.8) is 0 Å². The second kappa shape index (κ2) is 6.22. The maximum atomic E-state index is 5.84. The number of hydrogen-bond donors (Lipinski definition) is 1. The van der Waals surface area contributed by atoms with Crippen molar-refractivity contribution < 1.29 is 0 Å². The van der Waals surface area contributed by atoms with Crippen molar-refractivity contribution in [3.05, 3.63) is 77.5 Å². The molecule has 0 bridgehead atoms. The molecular weight excluding hydrogens is 270 g/mol. The largest absolute Gasteiger partial charge is 0.368 e. The number of benzene rings is 2. The van der Waals surface area contributed by atoms with Crippen molar-refractivity contribution >= 4 is 18.1 Å². The van der Waals surface area contributed by atoms with Crippen LogP contribution in [0.25, 0.3) is 23.4 Å². The molecular formula is C19H17N3. The average Bonchev–Trinajstić information content (AvgIpc) is 2.54. The molecule has 3 heteroatoms. The van der Waals surface area contributed by atoms with Crippen molar-refractivity contribution in [2.24, 2.45) is 0 Å². The molecule has 2 N–H and O–H groups in total. The summed E-state index contributed by atoms with van der Waals surface area (Å²) in [6.07, 6.45) is 3.96. The SMILES string of the molecule is Cc1ccc(-c2cc(C=Cc3ccccc3)nc(N)n2)cc1. The lowest BCUT2D eigenvalue weighted by atomic mass is 10.1. The first-order valence-corrected chi connectivity index (χ1v) is 7.15. The van der Waals surface area contributed by atoms with Crippen LogP contribution in [0.3, 0.4) is 0 Å². The van der Waals surface area contributed by atoms with Crippen LogP contribution in [0.15, 0.2) is 60.7 Å². The Morgan fingerprint density at radius 3 is 2.32 bits per heavy atom. The molecule has 0 atom stereocenters. The van der Waals surface area contributed by atoms with Gasteiger partial charge in [0, 0.05) is 5.56 Å². The fourth-order valence-corrected chi connectivity index (χ4v) is 2.19. The zero-order valence-corrected chi connectivity index (χ0v) is 12.4. The first-order chi connectivity index (χ1) is 10.7. The van der Waals surface area contributed by atoms with Gasteiger partial charge in [-0.05, 0) is 24.6 Å². The Hall–Kier alpha value is -2.94. The third-order valence-corrected chi connectivity index (χ3v) is 3.36. The van der Waals surface area contributed by atoms with Crippen molar-refractivity contribution in [1.82, 2.24) is 9.97 Å². The van der Waals surface area contributed by atoms with E-state index in [2.05, 4.69) is 29.0 Å². The number of hydrogen-bond acceptors (Lipinski definition) is 3. The monoisotopic (exact) mass is 287 g/mol. The van der Waals surface area contributed by atoms with E-state index in [0.717, 1.165) is 22.5 Å². The Kier molecular flexibility index (Phi) is 3.97. The van der Waals surface area contributed by atoms with Crippen LogP contribution in [-0.4, -0.2) is 9.97 Å². The molecule has 1 heterocycles. The molecule has 0 aliphatic heterocycles. The molecule has 3 nitrogen and oxygen atoms in total. The van der Waals surface area contributed by atoms with Crippen molar-refractivity contribution in [1.29, 1.82) is 0 Å². The standard InChI is InChI=1S/C19H17N3/c1-14-7-10-16(11-8-14)18-13-17(21-19(20)22-18)12-9-15-5-3-2-4-6-15/h2-13H,1H3,(H2,20,21,22). The van der Waals surface area contributed by atoms with Crippen LogP contribution in [0, 0.1) is 6.92 Å². The lowest BCUT2D eigenvalue weighted by Crippen LogP contribution is -1.98. The highest BCUT2D eigenvalue weighted by Crippen LogP contribution is 2.20. The van der Waals surface area contributed by atoms with Crippen molar-refractivity contribution in [2.75, 3.05) is 5.73 Å². The van der Waals surface area contributed by atoms with Crippen LogP contribution in [0.1, 0.15) is 16.8 Å². The van der Waals surface area contributed by atoms with Gasteiger partial charge in [-0.2, -0.15) is 0 Å². The highest BCUT2D eigenvalue weighted by Gasteiger charge is 2.03. The smallest absolute Gasteiger partial charge is 0.221 e. The molecule has 0 radical (unpaired) electrons. The fraction of sp³-hybridized carbons (Fsp3) is 0.0526. The van der Waals surface area contributed by atoms with Gasteiger partial charge >= 0.3 is 0 Å². The van der Waals surface area contributed by atoms with Crippen LogP contribution in [0.5, 0.6) is 0 Å². The van der Waals surface area contributed by atoms with Gasteiger partial charge in [-0.15, -0.1) is 0 Å². The summed E-state index contributed by atoms with van der Waals surface area (Å²) in [5.74, 6) is 0.283. The van der Waals surface area contributed by atoms with E-state index >= 15 is 0 Å². The second-order valence-corrected chi connectivity index (χ2v) is 5.15. The van der Waals surface area contributed by atoms with E-state index in [9.17, 15) is 0 Å². The molecule has 0 spiro atoms. The Morgan fingerprint density at radius 2 is 1.59 bits per heavy atom. The lowest BCUT2D eigenvalue weighted by Gasteiger charge is -2.04. The predicted octanol–water partition coefficient (Wildman–Crippen LogP) is 4.20. The van der Waals surface area contributed by atoms with E-state index in [1.54, 1.807) is 0 Å². The molecule has 3 aromatic rings. The van der Waals surface area contributed by atoms with Crippen LogP contribution >= 0.6 is 0 Å². The normalized spacial score (nSPS) is 11.0. The van der Waals surface area contributed by atoms with E-state index in [4.69, 9.17) is 5.73 Å². The van der Waals surface area contributed by atoms with Crippen LogP contribution < -0.4 is 5.73 Å². The van der Waals surface area contributed by atoms with Gasteiger partial charge in [0.2, 0.25) is 5.95 Å². The zero-order chi connectivity index (χ0) is 15.4. The molecule has 3 rings (SSSR count). The predicted molar refractivity (Wildman–Crippen MR) is 92.0 cm³/mol. The summed E-state index contributed by atoms with van der Waals surface area (Å²) in [4.78, 5) is 8.59. The topological polar surface area (TPSA) is 51.8 Å². The first kappa shape index (κ1) is 14.0. The molecule has 22 heavy (non-hydrogen) atoms. The Bertz CT molecular complexity index is 791. The highest BCUT2D eigenvalue weighted by atomic mass is 15.0. The van der Waals surface area contributed by atoms with Gasteiger partial charge in [0.05, 0.1) is 11.4 Å². The summed E-state index contributed by atoms with van der Waals surface area (Å²) in [5.41, 5.74) is 10.8. The van der Waals surface area contributed by atoms with Gasteiger partial charge in [-0.3, -0.25) is 0 Å². The number of nitrogens with zero attached hydrogens (tertiary/aromatic N) is 2. The van der Waals surface area contributed by atoms with Gasteiger partial charge in [0.15, 0.2) is 0 Å². The van der Waals surface area contributed by atoms with Crippen LogP contribution in [0.2, 0.25) is 0 Å². The third-order valence-electron chi connectivity index (χ3n) is 3.36. The van der Waals surface area contributed by atoms with E-state index in [-0.39, 0.29) is 5.95 Å². The molecule has 0 aliphatic carbocycles. The molecule has 0 amide bonds. The summed E-state index contributed by atoms with van der Waals surface area (Å²) in [6.45, 7) is 2.06. The maximum absolute atomic E-state index is 5.84. The average molecular weight is 287 g/mol. The van der Waals surface area contributed by atoms with E-state index < -0.39 is 0 Å². The van der Waals surface area contributed by atoms with Crippen LogP contribution in [0.4, 0.5) is 5.95 Å². The third kappa shape index (κ3) is 3.38. The summed E-state index contributed by atoms with van der Waals surface area (Å²) in [5, 5.41) is 0. The van der Waals surface area contributed by atoms with Gasteiger partial charge in [-0.25, -0.2) is 9.97 Å². The molecule has 0 saturated carbocycles. The van der Waals surface area contributed by atoms with Crippen LogP contribution in [-0.2, 0) is 0 Å².